The molecular formula is C8H18N2. The lowest BCUT2D eigenvalue weighted by Crippen LogP contribution is -2.39. The Morgan fingerprint density at radius 1 is 1.60 bits per heavy atom. The normalized spacial score (nSPS) is 25.5. The average molecular weight is 142 g/mol. The van der Waals surface area contributed by atoms with Crippen LogP contribution in [0.2, 0.25) is 0 Å². The molecular weight excluding hydrogens is 124 g/mol. The molecule has 1 aliphatic rings. The molecule has 1 fully saturated rings. The van der Waals surface area contributed by atoms with E-state index in [0.29, 0.717) is 11.5 Å². The molecule has 1 unspecified atom stereocenters. The highest BCUT2D eigenvalue weighted by Gasteiger charge is 2.32. The van der Waals surface area contributed by atoms with Crippen molar-refractivity contribution in [3.63, 3.8) is 0 Å². The van der Waals surface area contributed by atoms with E-state index in [1.165, 1.54) is 25.7 Å². The number of hydrogen-bond donors (Lipinski definition) is 2. The van der Waals surface area contributed by atoms with Crippen molar-refractivity contribution in [2.45, 2.75) is 45.6 Å². The summed E-state index contributed by atoms with van der Waals surface area (Å²) in [6.45, 7) is 4.49. The average Bonchev–Trinajstić information content (AvgIpc) is 1.84. The molecule has 0 aromatic heterocycles. The Morgan fingerprint density at radius 2 is 2.20 bits per heavy atom. The summed E-state index contributed by atoms with van der Waals surface area (Å²) in [6.07, 6.45) is 5.41. The zero-order chi connectivity index (χ0) is 7.61. The lowest BCUT2D eigenvalue weighted by molar-refractivity contribution is 0.130. The first kappa shape index (κ1) is 8.02. The molecule has 3 N–H and O–H groups in total. The SMILES string of the molecule is CC(CC1(C)CCC1)NN. The molecule has 10 heavy (non-hydrogen) atoms. The van der Waals surface area contributed by atoms with Crippen molar-refractivity contribution in [3.05, 3.63) is 0 Å². The van der Waals surface area contributed by atoms with Crippen molar-refractivity contribution in [3.8, 4) is 0 Å². The van der Waals surface area contributed by atoms with E-state index in [1.807, 2.05) is 0 Å². The predicted molar refractivity (Wildman–Crippen MR) is 43.4 cm³/mol. The first-order valence-corrected chi connectivity index (χ1v) is 4.12. The van der Waals surface area contributed by atoms with Crippen LogP contribution in [0.4, 0.5) is 0 Å². The minimum absolute atomic E-state index is 0.477. The van der Waals surface area contributed by atoms with Crippen molar-refractivity contribution >= 4 is 0 Å². The maximum Gasteiger partial charge on any atom is 0.0187 e. The maximum atomic E-state index is 5.31. The number of nitrogens with two attached hydrogens (primary N) is 1. The van der Waals surface area contributed by atoms with Crippen LogP contribution in [0.3, 0.4) is 0 Å². The van der Waals surface area contributed by atoms with Crippen molar-refractivity contribution < 1.29 is 0 Å². The molecule has 0 spiro atoms. The van der Waals surface area contributed by atoms with Gasteiger partial charge in [0.15, 0.2) is 0 Å². The number of hydrogen-bond acceptors (Lipinski definition) is 2. The minimum Gasteiger partial charge on any atom is -0.271 e. The molecule has 0 saturated heterocycles. The van der Waals surface area contributed by atoms with Gasteiger partial charge >= 0.3 is 0 Å². The Hall–Kier alpha value is -0.0800. The van der Waals surface area contributed by atoms with Crippen molar-refractivity contribution in [1.29, 1.82) is 0 Å². The van der Waals surface area contributed by atoms with Crippen LogP contribution >= 0.6 is 0 Å². The molecule has 2 heteroatoms. The highest BCUT2D eigenvalue weighted by atomic mass is 15.2. The van der Waals surface area contributed by atoms with Gasteiger partial charge in [0, 0.05) is 6.04 Å². The third-order valence-corrected chi connectivity index (χ3v) is 2.64. The zero-order valence-electron chi connectivity index (χ0n) is 6.98. The minimum atomic E-state index is 0.477. The lowest BCUT2D eigenvalue weighted by atomic mass is 9.67. The molecule has 0 aliphatic heterocycles. The maximum absolute atomic E-state index is 5.31. The zero-order valence-corrected chi connectivity index (χ0v) is 6.98. The van der Waals surface area contributed by atoms with Crippen LogP contribution in [0, 0.1) is 5.41 Å². The van der Waals surface area contributed by atoms with E-state index in [-0.39, 0.29) is 0 Å². The van der Waals surface area contributed by atoms with Crippen LogP contribution in [-0.2, 0) is 0 Å². The van der Waals surface area contributed by atoms with Crippen LogP contribution in [0.1, 0.15) is 39.5 Å². The van der Waals surface area contributed by atoms with Gasteiger partial charge in [0.25, 0.3) is 0 Å². The third kappa shape index (κ3) is 1.70. The van der Waals surface area contributed by atoms with Gasteiger partial charge in [-0.3, -0.25) is 11.3 Å². The van der Waals surface area contributed by atoms with Gasteiger partial charge < -0.3 is 0 Å². The molecule has 0 radical (unpaired) electrons. The molecule has 0 heterocycles. The fraction of sp³-hybridized carbons (Fsp3) is 1.00. The van der Waals surface area contributed by atoms with Crippen LogP contribution in [0.25, 0.3) is 0 Å². The molecule has 1 saturated carbocycles. The van der Waals surface area contributed by atoms with E-state index >= 15 is 0 Å². The standard InChI is InChI=1S/C8H18N2/c1-7(10-9)6-8(2)4-3-5-8/h7,10H,3-6,9H2,1-2H3. The van der Waals surface area contributed by atoms with Gasteiger partial charge in [-0.15, -0.1) is 0 Å². The summed E-state index contributed by atoms with van der Waals surface area (Å²) < 4.78 is 0. The Bertz CT molecular complexity index is 108. The Balaban J connectivity index is 2.22. The van der Waals surface area contributed by atoms with Crippen LogP contribution in [-0.4, -0.2) is 6.04 Å². The smallest absolute Gasteiger partial charge is 0.0187 e. The molecule has 0 bridgehead atoms. The van der Waals surface area contributed by atoms with Gasteiger partial charge in [-0.1, -0.05) is 13.3 Å². The number of rotatable bonds is 3. The quantitative estimate of drug-likeness (QED) is 0.462. The molecule has 60 valence electrons. The number of nitrogens with one attached hydrogen (secondary N) is 1. The van der Waals surface area contributed by atoms with E-state index < -0.39 is 0 Å². The summed E-state index contributed by atoms with van der Waals surface area (Å²) in [5.41, 5.74) is 3.39. The van der Waals surface area contributed by atoms with Crippen molar-refractivity contribution in [1.82, 2.24) is 5.43 Å². The van der Waals surface area contributed by atoms with Gasteiger partial charge in [0.2, 0.25) is 0 Å². The first-order chi connectivity index (χ1) is 4.66. The number of hydrazine groups is 1. The monoisotopic (exact) mass is 142 g/mol. The van der Waals surface area contributed by atoms with Gasteiger partial charge in [-0.2, -0.15) is 0 Å². The van der Waals surface area contributed by atoms with Gasteiger partial charge in [0.1, 0.15) is 0 Å². The predicted octanol–water partition coefficient (Wildman–Crippen LogP) is 1.42. The van der Waals surface area contributed by atoms with Crippen molar-refractivity contribution in [2.75, 3.05) is 0 Å². The largest absolute Gasteiger partial charge is 0.271 e. The summed E-state index contributed by atoms with van der Waals surface area (Å²) in [4.78, 5) is 0. The topological polar surface area (TPSA) is 38.0 Å². The summed E-state index contributed by atoms with van der Waals surface area (Å²) >= 11 is 0. The van der Waals surface area contributed by atoms with E-state index in [4.69, 9.17) is 5.84 Å². The van der Waals surface area contributed by atoms with E-state index in [0.717, 1.165) is 0 Å². The van der Waals surface area contributed by atoms with Gasteiger partial charge in [0.05, 0.1) is 0 Å². The Labute approximate surface area is 63.1 Å². The summed E-state index contributed by atoms with van der Waals surface area (Å²) in [5, 5.41) is 0. The first-order valence-electron chi connectivity index (χ1n) is 4.12. The summed E-state index contributed by atoms with van der Waals surface area (Å²) in [5.74, 6) is 5.31. The molecule has 1 rings (SSSR count). The van der Waals surface area contributed by atoms with Crippen molar-refractivity contribution in [2.24, 2.45) is 11.3 Å². The lowest BCUT2D eigenvalue weighted by Gasteiger charge is -2.40. The molecule has 1 atom stereocenters. The Morgan fingerprint density at radius 3 is 2.50 bits per heavy atom. The van der Waals surface area contributed by atoms with Crippen LogP contribution in [0.5, 0.6) is 0 Å². The molecule has 0 aromatic rings. The Kier molecular flexibility index (Phi) is 2.32. The molecule has 0 aromatic carbocycles. The molecule has 2 nitrogen and oxygen atoms in total. The van der Waals surface area contributed by atoms with Gasteiger partial charge in [-0.05, 0) is 31.6 Å². The molecule has 0 amide bonds. The second kappa shape index (κ2) is 2.89. The van der Waals surface area contributed by atoms with Gasteiger partial charge in [-0.25, -0.2) is 0 Å². The van der Waals surface area contributed by atoms with Crippen LogP contribution in [0.15, 0.2) is 0 Å². The van der Waals surface area contributed by atoms with E-state index in [1.54, 1.807) is 0 Å². The van der Waals surface area contributed by atoms with E-state index in [9.17, 15) is 0 Å². The third-order valence-electron chi connectivity index (χ3n) is 2.64. The molecule has 1 aliphatic carbocycles. The highest BCUT2D eigenvalue weighted by molar-refractivity contribution is 4.85. The van der Waals surface area contributed by atoms with E-state index in [2.05, 4.69) is 19.3 Å². The summed E-state index contributed by atoms with van der Waals surface area (Å²) in [7, 11) is 0. The fourth-order valence-electron chi connectivity index (χ4n) is 1.78. The highest BCUT2D eigenvalue weighted by Crippen LogP contribution is 2.43. The second-order valence-corrected chi connectivity index (χ2v) is 3.94. The van der Waals surface area contributed by atoms with Crippen LogP contribution < -0.4 is 11.3 Å². The second-order valence-electron chi connectivity index (χ2n) is 3.94. The summed E-state index contributed by atoms with van der Waals surface area (Å²) in [6, 6.07) is 0.477. The fourth-order valence-corrected chi connectivity index (χ4v) is 1.78.